The van der Waals surface area contributed by atoms with E-state index >= 15 is 0 Å². The first kappa shape index (κ1) is 13.6. The van der Waals surface area contributed by atoms with Crippen LogP contribution in [0.15, 0.2) is 24.3 Å². The van der Waals surface area contributed by atoms with Crippen LogP contribution in [0.4, 0.5) is 5.69 Å². The molecule has 1 amide bonds. The highest BCUT2D eigenvalue weighted by Crippen LogP contribution is 2.38. The number of hydrogen-bond donors (Lipinski definition) is 1. The standard InChI is InChI=1S/C16H22N2O2/c1-12-11-18(14-6-4-3-5-13(12)14)15(19)16(20-2)7-9-17-10-8-16/h3-6,12,17H,7-11H2,1-2H3/t12-/m1/s1. The van der Waals surface area contributed by atoms with E-state index in [0.717, 1.165) is 38.2 Å². The molecule has 0 saturated carbocycles. The Morgan fingerprint density at radius 1 is 1.35 bits per heavy atom. The summed E-state index contributed by atoms with van der Waals surface area (Å²) in [6.45, 7) is 4.61. The van der Waals surface area contributed by atoms with Crippen LogP contribution >= 0.6 is 0 Å². The fourth-order valence-corrected chi connectivity index (χ4v) is 3.39. The van der Waals surface area contributed by atoms with E-state index in [1.165, 1.54) is 5.56 Å². The molecule has 0 spiro atoms. The third-order valence-corrected chi connectivity index (χ3v) is 4.65. The van der Waals surface area contributed by atoms with Gasteiger partial charge in [0, 0.05) is 25.3 Å². The van der Waals surface area contributed by atoms with Gasteiger partial charge in [-0.1, -0.05) is 25.1 Å². The molecule has 0 radical (unpaired) electrons. The summed E-state index contributed by atoms with van der Waals surface area (Å²) in [6, 6.07) is 8.20. The Labute approximate surface area is 120 Å². The van der Waals surface area contributed by atoms with Crippen molar-refractivity contribution in [2.45, 2.75) is 31.3 Å². The number of rotatable bonds is 2. The van der Waals surface area contributed by atoms with E-state index in [-0.39, 0.29) is 5.91 Å². The number of carbonyl (C=O) groups is 1. The van der Waals surface area contributed by atoms with Crippen molar-refractivity contribution in [1.29, 1.82) is 0 Å². The van der Waals surface area contributed by atoms with E-state index in [0.29, 0.717) is 5.92 Å². The van der Waals surface area contributed by atoms with E-state index in [9.17, 15) is 4.79 Å². The largest absolute Gasteiger partial charge is 0.368 e. The number of benzene rings is 1. The van der Waals surface area contributed by atoms with Gasteiger partial charge in [-0.15, -0.1) is 0 Å². The van der Waals surface area contributed by atoms with E-state index in [4.69, 9.17) is 4.74 Å². The molecule has 1 atom stereocenters. The molecule has 108 valence electrons. The fraction of sp³-hybridized carbons (Fsp3) is 0.562. The Bertz CT molecular complexity index is 509. The van der Waals surface area contributed by atoms with Gasteiger partial charge >= 0.3 is 0 Å². The van der Waals surface area contributed by atoms with Gasteiger partial charge in [-0.05, 0) is 37.6 Å². The van der Waals surface area contributed by atoms with E-state index in [1.54, 1.807) is 7.11 Å². The third-order valence-electron chi connectivity index (χ3n) is 4.65. The average molecular weight is 274 g/mol. The zero-order chi connectivity index (χ0) is 14.2. The van der Waals surface area contributed by atoms with Crippen LogP contribution in [0.3, 0.4) is 0 Å². The molecule has 0 aromatic heterocycles. The number of carbonyl (C=O) groups excluding carboxylic acids is 1. The number of para-hydroxylation sites is 1. The van der Waals surface area contributed by atoms with Gasteiger partial charge in [0.05, 0.1) is 0 Å². The van der Waals surface area contributed by atoms with Crippen molar-refractivity contribution in [1.82, 2.24) is 5.32 Å². The average Bonchev–Trinajstić information content (AvgIpc) is 2.85. The lowest BCUT2D eigenvalue weighted by Crippen LogP contribution is -2.55. The van der Waals surface area contributed by atoms with Gasteiger partial charge in [0.15, 0.2) is 0 Å². The molecule has 1 aromatic rings. The summed E-state index contributed by atoms with van der Waals surface area (Å²) >= 11 is 0. The van der Waals surface area contributed by atoms with Crippen LogP contribution in [0.2, 0.25) is 0 Å². The van der Waals surface area contributed by atoms with E-state index < -0.39 is 5.60 Å². The summed E-state index contributed by atoms with van der Waals surface area (Å²) in [4.78, 5) is 15.0. The second kappa shape index (κ2) is 5.19. The minimum atomic E-state index is -0.650. The third kappa shape index (κ3) is 2.03. The Kier molecular flexibility index (Phi) is 3.52. The molecule has 2 heterocycles. The molecule has 0 unspecified atom stereocenters. The molecular weight excluding hydrogens is 252 g/mol. The van der Waals surface area contributed by atoms with Gasteiger partial charge in [0.1, 0.15) is 5.60 Å². The Morgan fingerprint density at radius 3 is 2.75 bits per heavy atom. The number of ether oxygens (including phenoxy) is 1. The van der Waals surface area contributed by atoms with Crippen molar-refractivity contribution in [2.75, 3.05) is 31.6 Å². The molecule has 0 aliphatic carbocycles. The molecule has 4 nitrogen and oxygen atoms in total. The van der Waals surface area contributed by atoms with Crippen LogP contribution < -0.4 is 10.2 Å². The number of nitrogens with one attached hydrogen (secondary N) is 1. The number of methoxy groups -OCH3 is 1. The van der Waals surface area contributed by atoms with Gasteiger partial charge in [0.25, 0.3) is 5.91 Å². The SMILES string of the molecule is COC1(C(=O)N2C[C@@H](C)c3ccccc32)CCNCC1. The zero-order valence-electron chi connectivity index (χ0n) is 12.2. The predicted molar refractivity (Wildman–Crippen MR) is 79.1 cm³/mol. The first-order valence-corrected chi connectivity index (χ1v) is 7.35. The van der Waals surface area contributed by atoms with E-state index in [2.05, 4.69) is 18.3 Å². The molecule has 2 aliphatic heterocycles. The fourth-order valence-electron chi connectivity index (χ4n) is 3.39. The van der Waals surface area contributed by atoms with Crippen molar-refractivity contribution in [3.63, 3.8) is 0 Å². The summed E-state index contributed by atoms with van der Waals surface area (Å²) in [5.41, 5.74) is 1.67. The highest BCUT2D eigenvalue weighted by molar-refractivity contribution is 6.01. The van der Waals surface area contributed by atoms with Crippen molar-refractivity contribution in [3.8, 4) is 0 Å². The quantitative estimate of drug-likeness (QED) is 0.895. The number of fused-ring (bicyclic) bond motifs is 1. The summed E-state index contributed by atoms with van der Waals surface area (Å²) in [5, 5.41) is 3.30. The second-order valence-corrected chi connectivity index (χ2v) is 5.82. The number of amides is 1. The Morgan fingerprint density at radius 2 is 2.05 bits per heavy atom. The maximum atomic E-state index is 13.0. The highest BCUT2D eigenvalue weighted by atomic mass is 16.5. The predicted octanol–water partition coefficient (Wildman–Crippen LogP) is 1.91. The number of hydrogen-bond acceptors (Lipinski definition) is 3. The van der Waals surface area contributed by atoms with Crippen LogP contribution in [0.1, 0.15) is 31.2 Å². The summed E-state index contributed by atoms with van der Waals surface area (Å²) in [7, 11) is 1.66. The highest BCUT2D eigenvalue weighted by Gasteiger charge is 2.45. The van der Waals surface area contributed by atoms with Crippen molar-refractivity contribution < 1.29 is 9.53 Å². The zero-order valence-corrected chi connectivity index (χ0v) is 12.2. The molecule has 2 aliphatic rings. The van der Waals surface area contributed by atoms with Crippen LogP contribution in [0.5, 0.6) is 0 Å². The molecule has 0 bridgehead atoms. The van der Waals surface area contributed by atoms with E-state index in [1.807, 2.05) is 23.1 Å². The number of piperidine rings is 1. The lowest BCUT2D eigenvalue weighted by atomic mass is 9.90. The molecular formula is C16H22N2O2. The van der Waals surface area contributed by atoms with Gasteiger partial charge in [-0.25, -0.2) is 0 Å². The Balaban J connectivity index is 1.91. The molecule has 1 aromatic carbocycles. The Hall–Kier alpha value is -1.39. The number of anilines is 1. The van der Waals surface area contributed by atoms with Crippen molar-refractivity contribution in [2.24, 2.45) is 0 Å². The van der Waals surface area contributed by atoms with Gasteiger partial charge in [0.2, 0.25) is 0 Å². The second-order valence-electron chi connectivity index (χ2n) is 5.82. The topological polar surface area (TPSA) is 41.6 Å². The van der Waals surface area contributed by atoms with Gasteiger partial charge in [-0.3, -0.25) is 4.79 Å². The first-order valence-electron chi connectivity index (χ1n) is 7.35. The smallest absolute Gasteiger partial charge is 0.259 e. The molecule has 1 fully saturated rings. The lowest BCUT2D eigenvalue weighted by molar-refractivity contribution is -0.143. The van der Waals surface area contributed by atoms with Crippen molar-refractivity contribution >= 4 is 11.6 Å². The number of nitrogens with zero attached hydrogens (tertiary/aromatic N) is 1. The summed E-state index contributed by atoms with van der Waals surface area (Å²) in [5.74, 6) is 0.518. The molecule has 4 heteroatoms. The summed E-state index contributed by atoms with van der Waals surface area (Å²) in [6.07, 6.45) is 1.49. The maximum Gasteiger partial charge on any atom is 0.259 e. The molecule has 3 rings (SSSR count). The minimum absolute atomic E-state index is 0.123. The molecule has 20 heavy (non-hydrogen) atoms. The normalized spacial score (nSPS) is 24.5. The molecule has 1 N–H and O–H groups in total. The maximum absolute atomic E-state index is 13.0. The van der Waals surface area contributed by atoms with Gasteiger partial charge in [-0.2, -0.15) is 0 Å². The lowest BCUT2D eigenvalue weighted by Gasteiger charge is -2.37. The molecule has 1 saturated heterocycles. The van der Waals surface area contributed by atoms with Crippen molar-refractivity contribution in [3.05, 3.63) is 29.8 Å². The summed E-state index contributed by atoms with van der Waals surface area (Å²) < 4.78 is 5.67. The monoisotopic (exact) mass is 274 g/mol. The van der Waals surface area contributed by atoms with Gasteiger partial charge < -0.3 is 15.0 Å². The van der Waals surface area contributed by atoms with Crippen LogP contribution in [0, 0.1) is 0 Å². The van der Waals surface area contributed by atoms with Crippen LogP contribution in [-0.4, -0.2) is 38.3 Å². The minimum Gasteiger partial charge on any atom is -0.368 e. The van der Waals surface area contributed by atoms with Crippen LogP contribution in [-0.2, 0) is 9.53 Å². The van der Waals surface area contributed by atoms with Crippen LogP contribution in [0.25, 0.3) is 0 Å². The first-order chi connectivity index (χ1) is 9.68.